The SMILES string of the molecule is CCOC(=O)c1ccc(NC(=O)c2c(C)c(-c3ccc(OC)cc3)nc3c(C)cc(C)cc23)cc1. The zero-order chi connectivity index (χ0) is 25.1. The Morgan fingerprint density at radius 1 is 0.943 bits per heavy atom. The Morgan fingerprint density at radius 2 is 1.63 bits per heavy atom. The van der Waals surface area contributed by atoms with Gasteiger partial charge in [0.15, 0.2) is 0 Å². The van der Waals surface area contributed by atoms with E-state index in [0.29, 0.717) is 23.4 Å². The van der Waals surface area contributed by atoms with Crippen LogP contribution in [0.1, 0.15) is 44.3 Å². The van der Waals surface area contributed by atoms with Gasteiger partial charge in [0.1, 0.15) is 5.75 Å². The number of carbonyl (C=O) groups is 2. The van der Waals surface area contributed by atoms with Crippen LogP contribution in [0.15, 0.2) is 60.7 Å². The summed E-state index contributed by atoms with van der Waals surface area (Å²) in [5, 5.41) is 3.79. The lowest BCUT2D eigenvalue weighted by molar-refractivity contribution is 0.0526. The fourth-order valence-corrected chi connectivity index (χ4v) is 4.24. The standard InChI is InChI=1S/C29H28N2O4/c1-6-35-29(33)21-7-11-22(12-8-21)30-28(32)25-19(4)27(20-9-13-23(34-5)14-10-20)31-26-18(3)15-17(2)16-24(25)26/h7-16H,6H2,1-5H3,(H,30,32). The fourth-order valence-electron chi connectivity index (χ4n) is 4.24. The quantitative estimate of drug-likeness (QED) is 0.338. The molecule has 1 amide bonds. The van der Waals surface area contributed by atoms with Crippen molar-refractivity contribution < 1.29 is 19.1 Å². The van der Waals surface area contributed by atoms with Crippen molar-refractivity contribution in [2.45, 2.75) is 27.7 Å². The molecule has 0 aliphatic rings. The van der Waals surface area contributed by atoms with Gasteiger partial charge in [0.05, 0.1) is 36.1 Å². The summed E-state index contributed by atoms with van der Waals surface area (Å²) in [5.41, 5.74) is 6.87. The van der Waals surface area contributed by atoms with Crippen molar-refractivity contribution in [3.8, 4) is 17.0 Å². The Balaban J connectivity index is 1.79. The summed E-state index contributed by atoms with van der Waals surface area (Å²) >= 11 is 0. The van der Waals surface area contributed by atoms with Crippen molar-refractivity contribution in [3.05, 3.63) is 88.5 Å². The van der Waals surface area contributed by atoms with Gasteiger partial charge in [-0.3, -0.25) is 4.79 Å². The molecule has 0 spiro atoms. The molecule has 1 N–H and O–H groups in total. The maximum Gasteiger partial charge on any atom is 0.338 e. The van der Waals surface area contributed by atoms with Gasteiger partial charge >= 0.3 is 5.97 Å². The Labute approximate surface area is 204 Å². The third-order valence-electron chi connectivity index (χ3n) is 5.91. The highest BCUT2D eigenvalue weighted by Gasteiger charge is 2.21. The van der Waals surface area contributed by atoms with Gasteiger partial charge in [0.2, 0.25) is 0 Å². The number of nitrogens with zero attached hydrogens (tertiary/aromatic N) is 1. The van der Waals surface area contributed by atoms with Crippen LogP contribution in [0.5, 0.6) is 5.75 Å². The number of aryl methyl sites for hydroxylation is 2. The number of anilines is 1. The van der Waals surface area contributed by atoms with Crippen LogP contribution in [0, 0.1) is 20.8 Å². The summed E-state index contributed by atoms with van der Waals surface area (Å²) in [5.74, 6) is 0.123. The molecule has 1 heterocycles. The zero-order valence-corrected chi connectivity index (χ0v) is 20.6. The summed E-state index contributed by atoms with van der Waals surface area (Å²) < 4.78 is 10.3. The van der Waals surface area contributed by atoms with E-state index in [4.69, 9.17) is 14.5 Å². The second-order valence-corrected chi connectivity index (χ2v) is 8.42. The molecule has 0 radical (unpaired) electrons. The van der Waals surface area contributed by atoms with Crippen molar-refractivity contribution in [2.75, 3.05) is 19.0 Å². The number of nitrogens with one attached hydrogen (secondary N) is 1. The molecular weight excluding hydrogens is 440 g/mol. The number of benzene rings is 3. The summed E-state index contributed by atoms with van der Waals surface area (Å²) in [7, 11) is 1.63. The first-order valence-electron chi connectivity index (χ1n) is 11.5. The number of carbonyl (C=O) groups excluding carboxylic acids is 2. The molecule has 1 aromatic heterocycles. The molecule has 6 nitrogen and oxygen atoms in total. The minimum absolute atomic E-state index is 0.237. The Hall–Kier alpha value is -4.19. The van der Waals surface area contributed by atoms with Gasteiger partial charge in [-0.15, -0.1) is 0 Å². The number of hydrogen-bond acceptors (Lipinski definition) is 5. The lowest BCUT2D eigenvalue weighted by Crippen LogP contribution is -2.16. The van der Waals surface area contributed by atoms with Gasteiger partial charge in [0, 0.05) is 16.6 Å². The largest absolute Gasteiger partial charge is 0.497 e. The fraction of sp³-hybridized carbons (Fsp3) is 0.207. The van der Waals surface area contributed by atoms with Crippen LogP contribution in [0.3, 0.4) is 0 Å². The van der Waals surface area contributed by atoms with E-state index in [1.165, 1.54) is 0 Å². The van der Waals surface area contributed by atoms with E-state index >= 15 is 0 Å². The first-order chi connectivity index (χ1) is 16.8. The number of pyridine rings is 1. The molecule has 4 rings (SSSR count). The van der Waals surface area contributed by atoms with Crippen molar-refractivity contribution in [1.82, 2.24) is 4.98 Å². The van der Waals surface area contributed by atoms with E-state index in [2.05, 4.69) is 11.4 Å². The van der Waals surface area contributed by atoms with Crippen LogP contribution in [-0.2, 0) is 4.74 Å². The average molecular weight is 469 g/mol. The predicted molar refractivity (Wildman–Crippen MR) is 138 cm³/mol. The molecule has 0 fully saturated rings. The first-order valence-corrected chi connectivity index (χ1v) is 11.5. The van der Waals surface area contributed by atoms with E-state index < -0.39 is 5.97 Å². The van der Waals surface area contributed by atoms with E-state index in [0.717, 1.165) is 44.6 Å². The highest BCUT2D eigenvalue weighted by Crippen LogP contribution is 2.33. The molecule has 0 saturated heterocycles. The molecule has 0 bridgehead atoms. The monoisotopic (exact) mass is 468 g/mol. The number of esters is 1. The topological polar surface area (TPSA) is 77.5 Å². The van der Waals surface area contributed by atoms with Crippen molar-refractivity contribution in [1.29, 1.82) is 0 Å². The number of methoxy groups -OCH3 is 1. The predicted octanol–water partition coefficient (Wildman–Crippen LogP) is 6.26. The number of fused-ring (bicyclic) bond motifs is 1. The van der Waals surface area contributed by atoms with Gasteiger partial charge in [-0.2, -0.15) is 0 Å². The summed E-state index contributed by atoms with van der Waals surface area (Å²) in [6.45, 7) is 8.00. The maximum atomic E-state index is 13.6. The summed E-state index contributed by atoms with van der Waals surface area (Å²) in [6.07, 6.45) is 0. The van der Waals surface area contributed by atoms with E-state index in [9.17, 15) is 9.59 Å². The molecule has 178 valence electrons. The average Bonchev–Trinajstić information content (AvgIpc) is 2.84. The molecule has 0 unspecified atom stereocenters. The molecule has 35 heavy (non-hydrogen) atoms. The number of ether oxygens (including phenoxy) is 2. The minimum atomic E-state index is -0.392. The zero-order valence-electron chi connectivity index (χ0n) is 20.6. The molecule has 6 heteroatoms. The Kier molecular flexibility index (Phi) is 6.82. The maximum absolute atomic E-state index is 13.6. The normalized spacial score (nSPS) is 10.8. The van der Waals surface area contributed by atoms with Crippen LogP contribution in [0.25, 0.3) is 22.2 Å². The second-order valence-electron chi connectivity index (χ2n) is 8.42. The van der Waals surface area contributed by atoms with Gasteiger partial charge in [-0.25, -0.2) is 9.78 Å². The smallest absolute Gasteiger partial charge is 0.338 e. The Morgan fingerprint density at radius 3 is 2.26 bits per heavy atom. The van der Waals surface area contributed by atoms with E-state index in [1.807, 2.05) is 51.1 Å². The number of aromatic nitrogens is 1. The highest BCUT2D eigenvalue weighted by molar-refractivity contribution is 6.15. The van der Waals surface area contributed by atoms with Gasteiger partial charge in [-0.1, -0.05) is 11.6 Å². The van der Waals surface area contributed by atoms with Crippen molar-refractivity contribution in [2.24, 2.45) is 0 Å². The lowest BCUT2D eigenvalue weighted by atomic mass is 9.94. The van der Waals surface area contributed by atoms with Crippen LogP contribution < -0.4 is 10.1 Å². The molecule has 0 atom stereocenters. The summed E-state index contributed by atoms with van der Waals surface area (Å²) in [4.78, 5) is 30.5. The van der Waals surface area contributed by atoms with Crippen molar-refractivity contribution >= 4 is 28.5 Å². The first kappa shape index (κ1) is 24.0. The van der Waals surface area contributed by atoms with Crippen LogP contribution >= 0.6 is 0 Å². The highest BCUT2D eigenvalue weighted by atomic mass is 16.5. The van der Waals surface area contributed by atoms with Crippen molar-refractivity contribution in [3.63, 3.8) is 0 Å². The van der Waals surface area contributed by atoms with Gasteiger partial charge in [-0.05, 0) is 93.4 Å². The van der Waals surface area contributed by atoms with E-state index in [1.54, 1.807) is 38.3 Å². The minimum Gasteiger partial charge on any atom is -0.497 e. The van der Waals surface area contributed by atoms with Gasteiger partial charge < -0.3 is 14.8 Å². The molecule has 3 aromatic carbocycles. The number of hydrogen-bond donors (Lipinski definition) is 1. The molecule has 4 aromatic rings. The molecule has 0 aliphatic heterocycles. The molecular formula is C29H28N2O4. The number of rotatable bonds is 6. The molecule has 0 saturated carbocycles. The second kappa shape index (κ2) is 9.97. The number of amides is 1. The van der Waals surface area contributed by atoms with Crippen LogP contribution in [-0.4, -0.2) is 30.6 Å². The lowest BCUT2D eigenvalue weighted by Gasteiger charge is -2.17. The van der Waals surface area contributed by atoms with Crippen LogP contribution in [0.4, 0.5) is 5.69 Å². The third-order valence-corrected chi connectivity index (χ3v) is 5.91. The van der Waals surface area contributed by atoms with Gasteiger partial charge in [0.25, 0.3) is 5.91 Å². The van der Waals surface area contributed by atoms with Crippen LogP contribution in [0.2, 0.25) is 0 Å². The summed E-state index contributed by atoms with van der Waals surface area (Å²) in [6, 6.07) is 18.4. The molecule has 0 aliphatic carbocycles. The Bertz CT molecular complexity index is 1410. The van der Waals surface area contributed by atoms with E-state index in [-0.39, 0.29) is 5.91 Å². The third kappa shape index (κ3) is 4.87.